The number of hydrogen-bond acceptors (Lipinski definition) is 15. The minimum absolute atomic E-state index is 0.105. The van der Waals surface area contributed by atoms with E-state index >= 15 is 0 Å². The molecular weight excluding hydrogens is 1320 g/mol. The van der Waals surface area contributed by atoms with Gasteiger partial charge in [0.1, 0.15) is 19.3 Å². The topological polar surface area (TPSA) is 237 Å². The lowest BCUT2D eigenvalue weighted by Gasteiger charge is -2.21. The highest BCUT2D eigenvalue weighted by Crippen LogP contribution is 2.45. The van der Waals surface area contributed by atoms with Crippen LogP contribution in [0.3, 0.4) is 0 Å². The van der Waals surface area contributed by atoms with Crippen molar-refractivity contribution in [1.82, 2.24) is 0 Å². The van der Waals surface area contributed by atoms with Gasteiger partial charge in [0.05, 0.1) is 26.4 Å². The molecule has 0 aromatic carbocycles. The number of rotatable bonds is 81. The number of carbonyl (C=O) groups excluding carboxylic acids is 4. The predicted molar refractivity (Wildman–Crippen MR) is 414 cm³/mol. The van der Waals surface area contributed by atoms with Crippen LogP contribution < -0.4 is 0 Å². The van der Waals surface area contributed by atoms with E-state index in [0.29, 0.717) is 25.7 Å². The van der Waals surface area contributed by atoms with Crippen molar-refractivity contribution in [2.24, 2.45) is 11.8 Å². The fourth-order valence-corrected chi connectivity index (χ4v) is 14.3. The summed E-state index contributed by atoms with van der Waals surface area (Å²) in [6.45, 7) is 9.59. The van der Waals surface area contributed by atoms with E-state index in [1.165, 1.54) is 244 Å². The number of hydrogen-bond donors (Lipinski definition) is 3. The first-order valence-electron chi connectivity index (χ1n) is 42.5. The molecule has 0 aliphatic rings. The molecule has 101 heavy (non-hydrogen) atoms. The number of ether oxygens (including phenoxy) is 4. The molecule has 6 atom stereocenters. The Labute approximate surface area is 619 Å². The molecule has 0 aromatic heterocycles. The average molecular weight is 1480 g/mol. The van der Waals surface area contributed by atoms with E-state index in [1.807, 2.05) is 0 Å². The maximum absolute atomic E-state index is 13.1. The van der Waals surface area contributed by atoms with Gasteiger partial charge in [-0.3, -0.25) is 37.3 Å². The molecule has 0 heterocycles. The van der Waals surface area contributed by atoms with Crippen molar-refractivity contribution in [3.63, 3.8) is 0 Å². The van der Waals surface area contributed by atoms with Crippen molar-refractivity contribution in [1.29, 1.82) is 0 Å². The smallest absolute Gasteiger partial charge is 0.462 e. The van der Waals surface area contributed by atoms with Crippen LogP contribution in [0.15, 0.2) is 0 Å². The average Bonchev–Trinajstić information content (AvgIpc) is 1.07. The van der Waals surface area contributed by atoms with Crippen LogP contribution in [-0.2, 0) is 65.4 Å². The Morgan fingerprint density at radius 2 is 0.505 bits per heavy atom. The first kappa shape index (κ1) is 99.1. The zero-order valence-electron chi connectivity index (χ0n) is 66.2. The van der Waals surface area contributed by atoms with Gasteiger partial charge in [0.25, 0.3) is 0 Å². The summed E-state index contributed by atoms with van der Waals surface area (Å²) in [5.74, 6) is -0.627. The largest absolute Gasteiger partial charge is 0.472 e. The van der Waals surface area contributed by atoms with Gasteiger partial charge in [0.2, 0.25) is 0 Å². The monoisotopic (exact) mass is 1480 g/mol. The van der Waals surface area contributed by atoms with Crippen LogP contribution >= 0.6 is 15.6 Å². The molecule has 0 aliphatic heterocycles. The van der Waals surface area contributed by atoms with Gasteiger partial charge in [-0.25, -0.2) is 9.13 Å². The highest BCUT2D eigenvalue weighted by Gasteiger charge is 2.30. The lowest BCUT2D eigenvalue weighted by atomic mass is 10.00. The van der Waals surface area contributed by atoms with Crippen molar-refractivity contribution in [3.05, 3.63) is 0 Å². The van der Waals surface area contributed by atoms with Gasteiger partial charge >= 0.3 is 39.5 Å². The second-order valence-electron chi connectivity index (χ2n) is 30.2. The van der Waals surface area contributed by atoms with Crippen molar-refractivity contribution in [3.8, 4) is 0 Å². The molecule has 0 bridgehead atoms. The first-order chi connectivity index (χ1) is 48.9. The van der Waals surface area contributed by atoms with Gasteiger partial charge in [-0.15, -0.1) is 0 Å². The van der Waals surface area contributed by atoms with Gasteiger partial charge in [-0.2, -0.15) is 0 Å². The van der Waals surface area contributed by atoms with Crippen LogP contribution in [0.25, 0.3) is 0 Å². The molecule has 17 nitrogen and oxygen atoms in total. The van der Waals surface area contributed by atoms with Crippen LogP contribution in [0.1, 0.15) is 433 Å². The summed E-state index contributed by atoms with van der Waals surface area (Å²) in [5.41, 5.74) is 0. The van der Waals surface area contributed by atoms with Crippen LogP contribution in [0.5, 0.6) is 0 Å². The third-order valence-corrected chi connectivity index (χ3v) is 21.5. The molecule has 0 fully saturated rings. The minimum atomic E-state index is -4.96. The first-order valence-corrected chi connectivity index (χ1v) is 45.5. The number of esters is 4. The van der Waals surface area contributed by atoms with E-state index in [9.17, 15) is 43.2 Å². The third kappa shape index (κ3) is 74.7. The Bertz CT molecular complexity index is 1940. The number of phosphoric ester groups is 2. The lowest BCUT2D eigenvalue weighted by molar-refractivity contribution is -0.161. The second kappa shape index (κ2) is 73.6. The van der Waals surface area contributed by atoms with E-state index in [0.717, 1.165) is 108 Å². The Balaban J connectivity index is 5.22. The molecule has 0 rings (SSSR count). The maximum atomic E-state index is 13.1. The summed E-state index contributed by atoms with van der Waals surface area (Å²) >= 11 is 0. The van der Waals surface area contributed by atoms with E-state index in [1.54, 1.807) is 0 Å². The summed E-state index contributed by atoms with van der Waals surface area (Å²) < 4.78 is 68.7. The SMILES string of the molecule is CCCCCCCCCCCCCCCCCCCCCCCC(=O)O[C@H](COC(=O)CCCCCCCCCCCCCCCCCCC)COP(=O)(O)OC[C@@H](O)COP(=O)(O)OC[C@@H](COC(=O)CCCCCCCCC(C)CC)OC(=O)CCCCCCCCCCCCC(C)C. The van der Waals surface area contributed by atoms with Crippen LogP contribution in [0.4, 0.5) is 0 Å². The highest BCUT2D eigenvalue weighted by molar-refractivity contribution is 7.47. The van der Waals surface area contributed by atoms with Crippen LogP contribution in [0.2, 0.25) is 0 Å². The summed E-state index contributed by atoms with van der Waals surface area (Å²) in [4.78, 5) is 73.0. The van der Waals surface area contributed by atoms with Gasteiger partial charge in [-0.1, -0.05) is 382 Å². The van der Waals surface area contributed by atoms with E-state index in [2.05, 4.69) is 41.5 Å². The molecular formula is C82H160O17P2. The number of aliphatic hydroxyl groups is 1. The van der Waals surface area contributed by atoms with Crippen molar-refractivity contribution >= 4 is 39.5 Å². The van der Waals surface area contributed by atoms with Gasteiger partial charge in [0.15, 0.2) is 12.2 Å². The fraction of sp³-hybridized carbons (Fsp3) is 0.951. The quantitative estimate of drug-likeness (QED) is 0.0222. The standard InChI is InChI=1S/C82H160O17P2/c1-7-10-12-14-16-18-20-22-24-26-27-28-29-31-33-35-37-42-46-54-60-66-81(86)98-77(70-92-79(84)64-58-52-45-41-36-34-32-30-25-23-21-19-17-15-13-11-8-2)72-96-100(88,89)94-68-76(83)69-95-101(90,91)97-73-78(71-93-80(85)65-59-53-49-48-51-57-63-75(6)9-3)99-82(87)67-61-55-47-43-39-38-40-44-50-56-62-74(4)5/h74-78,83H,7-73H2,1-6H3,(H,88,89)(H,90,91)/t75?,76-,77-,78-/m1/s1. The number of unbranched alkanes of at least 4 members (excludes halogenated alkanes) is 50. The minimum Gasteiger partial charge on any atom is -0.462 e. The number of aliphatic hydroxyl groups excluding tert-OH is 1. The third-order valence-electron chi connectivity index (χ3n) is 19.6. The van der Waals surface area contributed by atoms with E-state index < -0.39 is 97.5 Å². The molecule has 3 N–H and O–H groups in total. The molecule has 0 aliphatic carbocycles. The summed E-state index contributed by atoms with van der Waals surface area (Å²) in [7, 11) is -9.92. The summed E-state index contributed by atoms with van der Waals surface area (Å²) in [6.07, 6.45) is 64.0. The molecule has 0 spiro atoms. The molecule has 0 aromatic rings. The van der Waals surface area contributed by atoms with Crippen molar-refractivity contribution in [2.75, 3.05) is 39.6 Å². The zero-order chi connectivity index (χ0) is 74.2. The van der Waals surface area contributed by atoms with Crippen molar-refractivity contribution < 1.29 is 80.2 Å². The van der Waals surface area contributed by atoms with Gasteiger partial charge in [-0.05, 0) is 37.5 Å². The van der Waals surface area contributed by atoms with E-state index in [4.69, 9.17) is 37.0 Å². The van der Waals surface area contributed by atoms with E-state index in [-0.39, 0.29) is 25.7 Å². The second-order valence-corrected chi connectivity index (χ2v) is 33.1. The molecule has 0 amide bonds. The Morgan fingerprint density at radius 3 is 0.752 bits per heavy atom. The normalized spacial score (nSPS) is 14.2. The predicted octanol–water partition coefficient (Wildman–Crippen LogP) is 24.7. The number of carbonyl (C=O) groups is 4. The van der Waals surface area contributed by atoms with Crippen molar-refractivity contribution in [2.45, 2.75) is 452 Å². The number of phosphoric acid groups is 2. The fourth-order valence-electron chi connectivity index (χ4n) is 12.7. The summed E-state index contributed by atoms with van der Waals surface area (Å²) in [6, 6.07) is 0. The Morgan fingerprint density at radius 1 is 0.287 bits per heavy atom. The molecule has 600 valence electrons. The molecule has 3 unspecified atom stereocenters. The molecule has 19 heteroatoms. The highest BCUT2D eigenvalue weighted by atomic mass is 31.2. The molecule has 0 saturated carbocycles. The molecule has 0 saturated heterocycles. The maximum Gasteiger partial charge on any atom is 0.472 e. The Hall–Kier alpha value is -1.94. The summed E-state index contributed by atoms with van der Waals surface area (Å²) in [5, 5.41) is 10.6. The molecule has 0 radical (unpaired) electrons. The van der Waals surface area contributed by atoms with Gasteiger partial charge in [0, 0.05) is 25.7 Å². The van der Waals surface area contributed by atoms with Gasteiger partial charge < -0.3 is 33.8 Å². The Kier molecular flexibility index (Phi) is 72.2. The zero-order valence-corrected chi connectivity index (χ0v) is 68.0. The van der Waals surface area contributed by atoms with Crippen LogP contribution in [-0.4, -0.2) is 96.7 Å². The lowest BCUT2D eigenvalue weighted by Crippen LogP contribution is -2.30. The van der Waals surface area contributed by atoms with Crippen LogP contribution in [0, 0.1) is 11.8 Å².